The van der Waals surface area contributed by atoms with Crippen LogP contribution in [0.15, 0.2) is 35.9 Å². The third kappa shape index (κ3) is 4.46. The highest BCUT2D eigenvalue weighted by molar-refractivity contribution is 6.46. The van der Waals surface area contributed by atoms with E-state index in [1.165, 1.54) is 26.2 Å². The fourth-order valence-corrected chi connectivity index (χ4v) is 4.82. The number of Topliss-reactive ketones (excluding diaryl/α,β-unsaturated/α-hetero) is 1. The van der Waals surface area contributed by atoms with Gasteiger partial charge in [-0.2, -0.15) is 0 Å². The molecule has 0 saturated carbocycles. The minimum absolute atomic E-state index is 0.00129. The van der Waals surface area contributed by atoms with Crippen LogP contribution in [0.25, 0.3) is 5.76 Å². The number of ether oxygens (including phenoxy) is 5. The lowest BCUT2D eigenvalue weighted by Crippen LogP contribution is -2.31. The van der Waals surface area contributed by atoms with E-state index in [9.17, 15) is 14.7 Å². The number of ketones is 1. The number of amides is 1. The largest absolute Gasteiger partial charge is 0.507 e. The number of carbonyl (C=O) groups excluding carboxylic acids is 2. The van der Waals surface area contributed by atoms with Crippen LogP contribution >= 0.6 is 0 Å². The number of carbonyl (C=O) groups is 2. The minimum atomic E-state index is -0.862. The number of hydrogen-bond acceptors (Lipinski definition) is 8. The van der Waals surface area contributed by atoms with Crippen molar-refractivity contribution < 1.29 is 38.4 Å². The van der Waals surface area contributed by atoms with E-state index >= 15 is 0 Å². The van der Waals surface area contributed by atoms with E-state index in [0.29, 0.717) is 47.8 Å². The summed E-state index contributed by atoms with van der Waals surface area (Å²) in [6, 6.07) is 7.78. The molecule has 9 nitrogen and oxygen atoms in total. The molecule has 2 aliphatic heterocycles. The van der Waals surface area contributed by atoms with Gasteiger partial charge in [0.2, 0.25) is 5.75 Å². The average Bonchev–Trinajstić information content (AvgIpc) is 3.38. The number of aliphatic hydroxyl groups is 1. The average molecular weight is 498 g/mol. The fraction of sp³-hybridized carbons (Fsp3) is 0.407. The predicted molar refractivity (Wildman–Crippen MR) is 132 cm³/mol. The lowest BCUT2D eigenvalue weighted by Gasteiger charge is -2.26. The van der Waals surface area contributed by atoms with Crippen LogP contribution in [0, 0.1) is 0 Å². The van der Waals surface area contributed by atoms with Crippen molar-refractivity contribution in [3.05, 3.63) is 52.6 Å². The third-order valence-corrected chi connectivity index (χ3v) is 6.46. The van der Waals surface area contributed by atoms with Crippen LogP contribution in [0.2, 0.25) is 0 Å². The lowest BCUT2D eigenvalue weighted by molar-refractivity contribution is -0.140. The number of nitrogens with zero attached hydrogens (tertiary/aromatic N) is 1. The first-order valence-electron chi connectivity index (χ1n) is 11.7. The Bertz CT molecular complexity index is 1180. The Hall–Kier alpha value is -3.72. The molecule has 0 aromatic heterocycles. The summed E-state index contributed by atoms with van der Waals surface area (Å²) in [5.41, 5.74) is 1.92. The molecule has 192 valence electrons. The van der Waals surface area contributed by atoms with Crippen LogP contribution in [0.5, 0.6) is 23.0 Å². The Morgan fingerprint density at radius 3 is 2.36 bits per heavy atom. The quantitative estimate of drug-likeness (QED) is 0.243. The number of hydrogen-bond donors (Lipinski definition) is 1. The van der Waals surface area contributed by atoms with Gasteiger partial charge in [-0.05, 0) is 54.8 Å². The van der Waals surface area contributed by atoms with Gasteiger partial charge >= 0.3 is 0 Å². The summed E-state index contributed by atoms with van der Waals surface area (Å²) in [5, 5.41) is 11.4. The van der Waals surface area contributed by atoms with E-state index in [1.54, 1.807) is 37.4 Å². The van der Waals surface area contributed by atoms with Crippen molar-refractivity contribution in [3.8, 4) is 23.0 Å². The Labute approximate surface area is 210 Å². The topological polar surface area (TPSA) is 104 Å². The molecule has 0 aliphatic carbocycles. The van der Waals surface area contributed by atoms with E-state index in [-0.39, 0.29) is 24.0 Å². The Morgan fingerprint density at radius 1 is 1.06 bits per heavy atom. The van der Waals surface area contributed by atoms with Gasteiger partial charge in [0, 0.05) is 32.2 Å². The number of benzene rings is 2. The normalized spacial score (nSPS) is 20.3. The maximum absolute atomic E-state index is 13.3. The molecule has 1 saturated heterocycles. The van der Waals surface area contributed by atoms with Gasteiger partial charge in [0.15, 0.2) is 11.5 Å². The molecule has 2 aliphatic rings. The van der Waals surface area contributed by atoms with Gasteiger partial charge in [-0.1, -0.05) is 0 Å². The lowest BCUT2D eigenvalue weighted by atomic mass is 9.94. The van der Waals surface area contributed by atoms with Gasteiger partial charge in [0.05, 0.1) is 32.9 Å². The van der Waals surface area contributed by atoms with Gasteiger partial charge in [0.25, 0.3) is 11.7 Å². The molecule has 2 unspecified atom stereocenters. The molecule has 2 atom stereocenters. The Balaban J connectivity index is 1.88. The molecular formula is C27H31NO8. The number of likely N-dealkylation sites (tertiary alicyclic amines) is 1. The second-order valence-corrected chi connectivity index (χ2v) is 8.75. The predicted octanol–water partition coefficient (Wildman–Crippen LogP) is 3.49. The molecular weight excluding hydrogens is 466 g/mol. The van der Waals surface area contributed by atoms with Crippen LogP contribution in [0.1, 0.15) is 36.1 Å². The molecule has 1 fully saturated rings. The van der Waals surface area contributed by atoms with Crippen molar-refractivity contribution in [1.82, 2.24) is 4.90 Å². The number of rotatable bonds is 9. The highest BCUT2D eigenvalue weighted by atomic mass is 16.5. The second-order valence-electron chi connectivity index (χ2n) is 8.75. The number of fused-ring (bicyclic) bond motifs is 1. The maximum Gasteiger partial charge on any atom is 0.295 e. The van der Waals surface area contributed by atoms with Crippen LogP contribution < -0.4 is 18.9 Å². The van der Waals surface area contributed by atoms with E-state index in [4.69, 9.17) is 23.7 Å². The molecule has 4 rings (SSSR count). The number of methoxy groups -OCH3 is 4. The minimum Gasteiger partial charge on any atom is -0.507 e. The van der Waals surface area contributed by atoms with Crippen LogP contribution in [-0.2, 0) is 20.7 Å². The molecule has 2 heterocycles. The summed E-state index contributed by atoms with van der Waals surface area (Å²) in [4.78, 5) is 27.9. The smallest absolute Gasteiger partial charge is 0.295 e. The Morgan fingerprint density at radius 2 is 1.75 bits per heavy atom. The zero-order chi connectivity index (χ0) is 26.0. The zero-order valence-electron chi connectivity index (χ0n) is 21.1. The monoisotopic (exact) mass is 497 g/mol. The number of aliphatic hydroxyl groups excluding tert-OH is 1. The van der Waals surface area contributed by atoms with Crippen molar-refractivity contribution in [1.29, 1.82) is 0 Å². The standard InChI is InChI=1S/C27H31NO8/c1-15-11-17-12-16(7-8-19(17)36-15)24(29)22-23(28(9-6-10-32-2)27(31)25(22)30)18-13-20(33-3)26(35-5)21(14-18)34-4/h7-8,12-15,23,29H,6,9-11H2,1-5H3. The van der Waals surface area contributed by atoms with E-state index in [0.717, 1.165) is 11.3 Å². The summed E-state index contributed by atoms with van der Waals surface area (Å²) < 4.78 is 27.3. The van der Waals surface area contributed by atoms with Gasteiger partial charge in [-0.15, -0.1) is 0 Å². The summed E-state index contributed by atoms with van der Waals surface area (Å²) >= 11 is 0. The highest BCUT2D eigenvalue weighted by Crippen LogP contribution is 2.46. The van der Waals surface area contributed by atoms with E-state index < -0.39 is 17.7 Å². The first-order valence-corrected chi connectivity index (χ1v) is 11.7. The maximum atomic E-state index is 13.3. The summed E-state index contributed by atoms with van der Waals surface area (Å²) in [6.07, 6.45) is 1.24. The Kier molecular flexibility index (Phi) is 7.40. The molecule has 36 heavy (non-hydrogen) atoms. The zero-order valence-corrected chi connectivity index (χ0v) is 21.1. The van der Waals surface area contributed by atoms with Crippen LogP contribution in [0.4, 0.5) is 0 Å². The van der Waals surface area contributed by atoms with Crippen molar-refractivity contribution in [2.45, 2.75) is 31.9 Å². The van der Waals surface area contributed by atoms with Crippen molar-refractivity contribution in [2.24, 2.45) is 0 Å². The SMILES string of the molecule is COCCCN1C(=O)C(=O)C(=C(O)c2ccc3c(c2)CC(C)O3)C1c1cc(OC)c(OC)c(OC)c1. The van der Waals surface area contributed by atoms with Gasteiger partial charge < -0.3 is 33.7 Å². The van der Waals surface area contributed by atoms with Crippen molar-refractivity contribution in [3.63, 3.8) is 0 Å². The van der Waals surface area contributed by atoms with Crippen LogP contribution in [0.3, 0.4) is 0 Å². The summed E-state index contributed by atoms with van der Waals surface area (Å²) in [5.74, 6) is 0.186. The molecule has 2 aromatic rings. The van der Waals surface area contributed by atoms with Crippen molar-refractivity contribution in [2.75, 3.05) is 41.6 Å². The molecule has 0 radical (unpaired) electrons. The second kappa shape index (κ2) is 10.5. The molecule has 2 aromatic carbocycles. The van der Waals surface area contributed by atoms with Gasteiger partial charge in [-0.25, -0.2) is 0 Å². The molecule has 0 bridgehead atoms. The molecule has 1 N–H and O–H groups in total. The van der Waals surface area contributed by atoms with E-state index in [2.05, 4.69) is 0 Å². The van der Waals surface area contributed by atoms with Gasteiger partial charge in [0.1, 0.15) is 17.6 Å². The van der Waals surface area contributed by atoms with Crippen molar-refractivity contribution >= 4 is 17.4 Å². The molecule has 0 spiro atoms. The first kappa shape index (κ1) is 25.4. The molecule has 9 heteroatoms. The first-order chi connectivity index (χ1) is 17.3. The summed E-state index contributed by atoms with van der Waals surface area (Å²) in [7, 11) is 6.05. The van der Waals surface area contributed by atoms with E-state index in [1.807, 2.05) is 6.92 Å². The molecule has 1 amide bonds. The third-order valence-electron chi connectivity index (χ3n) is 6.46. The van der Waals surface area contributed by atoms with Gasteiger partial charge in [-0.3, -0.25) is 9.59 Å². The summed E-state index contributed by atoms with van der Waals surface area (Å²) in [6.45, 7) is 2.63. The highest BCUT2D eigenvalue weighted by Gasteiger charge is 2.46. The fourth-order valence-electron chi connectivity index (χ4n) is 4.82. The van der Waals surface area contributed by atoms with Crippen LogP contribution in [-0.4, -0.2) is 69.4 Å².